The van der Waals surface area contributed by atoms with Gasteiger partial charge in [0, 0.05) is 0 Å². The topological polar surface area (TPSA) is 427 Å². The van der Waals surface area contributed by atoms with Crippen LogP contribution in [0.5, 0.6) is 0 Å². The SMILES string of the molecule is N=C(OC1O[C@H](CO[C@@H]2O[C@H](CO[C@@H]3O[C@H](CO[C@@H]4O[C@H](COC(=O)c5ccccc5)[C@@H](OC(=O)c5ccccc5)[C@H](O)[C@H]4OC(=O)c4ccccc4)[C@@H](OC(=O)c4ccccc4)[C@H](OC(=O)c4ccccc4)[C@H]3OC(=O)c3ccccc3)[C@@H](OC(=O)c3ccccc3)[C@H](O)[C@H]2OC(=O)c2ccccc2)[C@@H](OC(=O)c2ccccc2)[C@H](OC(=O)c2ccccc2)[C@H]1OC(=O)c1ccccc1)C(Cl)(Cl)Cl. The summed E-state index contributed by atoms with van der Waals surface area (Å²) in [6.07, 6.45) is -42.5. The first kappa shape index (κ1) is 99.1. The monoisotopic (exact) mass is 1950 g/mol. The maximum absolute atomic E-state index is 15.2. The molecule has 11 aromatic rings. The number of nitrogens with one attached hydrogen (secondary N) is 1. The highest BCUT2D eigenvalue weighted by molar-refractivity contribution is 6.76. The molecule has 4 saturated heterocycles. The van der Waals surface area contributed by atoms with E-state index in [2.05, 4.69) is 0 Å². The van der Waals surface area contributed by atoms with Gasteiger partial charge in [-0.25, -0.2) is 52.7 Å². The molecule has 139 heavy (non-hydrogen) atoms. The number of benzene rings is 11. The lowest BCUT2D eigenvalue weighted by Crippen LogP contribution is -2.66. The van der Waals surface area contributed by atoms with Gasteiger partial charge in [0.05, 0.1) is 81.0 Å². The van der Waals surface area contributed by atoms with Gasteiger partial charge in [-0.1, -0.05) is 235 Å². The summed E-state index contributed by atoms with van der Waals surface area (Å²) < 4.78 is 119. The van der Waals surface area contributed by atoms with E-state index in [1.807, 2.05) is 0 Å². The lowest BCUT2D eigenvalue weighted by Gasteiger charge is -2.47. The van der Waals surface area contributed by atoms with Crippen molar-refractivity contribution in [3.05, 3.63) is 395 Å². The van der Waals surface area contributed by atoms with Crippen LogP contribution in [0.4, 0.5) is 0 Å². The summed E-state index contributed by atoms with van der Waals surface area (Å²) in [4.78, 5) is 162. The summed E-state index contributed by atoms with van der Waals surface area (Å²) in [7, 11) is 0. The van der Waals surface area contributed by atoms with Crippen molar-refractivity contribution in [2.75, 3.05) is 26.4 Å². The number of carbonyl (C=O) groups excluding carboxylic acids is 11. The molecule has 4 aliphatic heterocycles. The number of hydrogen-bond donors (Lipinski definition) is 3. The van der Waals surface area contributed by atoms with Crippen LogP contribution in [-0.4, -0.2) is 235 Å². The Morgan fingerprint density at radius 1 is 0.223 bits per heavy atom. The molecular weight excluding hydrogens is 1870 g/mol. The third kappa shape index (κ3) is 25.5. The molecule has 1 unspecified atom stereocenters. The molecule has 0 spiro atoms. The smallest absolute Gasteiger partial charge is 0.338 e. The van der Waals surface area contributed by atoms with Crippen LogP contribution in [0.1, 0.15) is 114 Å². The van der Waals surface area contributed by atoms with E-state index >= 15 is 14.4 Å². The maximum Gasteiger partial charge on any atom is 0.338 e. The predicted octanol–water partition coefficient (Wildman–Crippen LogP) is 13.1. The van der Waals surface area contributed by atoms with Crippen molar-refractivity contribution in [2.45, 2.75) is 127 Å². The zero-order valence-corrected chi connectivity index (χ0v) is 75.2. The summed E-state index contributed by atoms with van der Waals surface area (Å²) in [5.41, 5.74) is -1.04. The molecule has 4 heterocycles. The normalized spacial score (nSPS) is 24.3. The van der Waals surface area contributed by atoms with Crippen molar-refractivity contribution in [1.82, 2.24) is 0 Å². The van der Waals surface area contributed by atoms with Crippen LogP contribution in [0.2, 0.25) is 0 Å². The van der Waals surface area contributed by atoms with E-state index in [4.69, 9.17) is 130 Å². The molecule has 716 valence electrons. The molecule has 0 radical (unpaired) electrons. The van der Waals surface area contributed by atoms with Gasteiger partial charge < -0.3 is 100 Å². The van der Waals surface area contributed by atoms with Gasteiger partial charge in [-0.05, 0) is 133 Å². The van der Waals surface area contributed by atoms with Crippen LogP contribution in [0.15, 0.2) is 334 Å². The van der Waals surface area contributed by atoms with Gasteiger partial charge in [0.25, 0.3) is 3.79 Å². The third-order valence-electron chi connectivity index (χ3n) is 22.1. The fourth-order valence-corrected chi connectivity index (χ4v) is 15.3. The molecule has 4 fully saturated rings. The Bertz CT molecular complexity index is 6020. The van der Waals surface area contributed by atoms with E-state index in [9.17, 15) is 48.6 Å². The molecule has 33 nitrogen and oxygen atoms in total. The zero-order chi connectivity index (χ0) is 97.5. The molecule has 3 N–H and O–H groups in total. The van der Waals surface area contributed by atoms with Gasteiger partial charge in [-0.2, -0.15) is 0 Å². The highest BCUT2D eigenvalue weighted by atomic mass is 35.6. The molecule has 20 atom stereocenters. The molecule has 36 heteroatoms. The van der Waals surface area contributed by atoms with Crippen molar-refractivity contribution >= 4 is 106 Å². The number of hydrogen-bond acceptors (Lipinski definition) is 33. The van der Waals surface area contributed by atoms with Gasteiger partial charge in [-0.3, -0.25) is 5.41 Å². The van der Waals surface area contributed by atoms with Crippen molar-refractivity contribution in [1.29, 1.82) is 5.41 Å². The molecule has 0 amide bonds. The van der Waals surface area contributed by atoms with Crippen LogP contribution in [-0.2, 0) is 90.0 Å². The minimum atomic E-state index is -2.72. The lowest BCUT2D eigenvalue weighted by molar-refractivity contribution is -0.343. The average molecular weight is 1960 g/mol. The van der Waals surface area contributed by atoms with Gasteiger partial charge in [0.2, 0.25) is 18.3 Å². The van der Waals surface area contributed by atoms with Crippen molar-refractivity contribution in [2.24, 2.45) is 0 Å². The fraction of sp³-hybridized carbons (Fsp3) is 0.243. The number of aliphatic hydroxyl groups excluding tert-OH is 2. The number of alkyl halides is 3. The quantitative estimate of drug-likeness (QED) is 0.0113. The van der Waals surface area contributed by atoms with Crippen LogP contribution in [0.25, 0.3) is 0 Å². The van der Waals surface area contributed by atoms with E-state index in [1.54, 1.807) is 78.9 Å². The number of rotatable bonds is 33. The second-order valence-electron chi connectivity index (χ2n) is 31.4. The lowest BCUT2D eigenvalue weighted by atomic mass is 9.96. The third-order valence-corrected chi connectivity index (χ3v) is 22.6. The second kappa shape index (κ2) is 47.1. The summed E-state index contributed by atoms with van der Waals surface area (Å²) in [6.45, 7) is -4.10. The Hall–Kier alpha value is -14.4. The molecule has 0 aromatic heterocycles. The number of halogens is 3. The molecule has 15 rings (SSSR count). The van der Waals surface area contributed by atoms with Crippen LogP contribution < -0.4 is 0 Å². The first-order valence-corrected chi connectivity index (χ1v) is 44.5. The maximum atomic E-state index is 15.2. The number of esters is 11. The van der Waals surface area contributed by atoms with Gasteiger partial charge >= 0.3 is 65.7 Å². The van der Waals surface area contributed by atoms with E-state index in [0.29, 0.717) is 0 Å². The fourth-order valence-electron chi connectivity index (χ4n) is 15.2. The Morgan fingerprint density at radius 3 is 0.633 bits per heavy atom. The Morgan fingerprint density at radius 2 is 0.396 bits per heavy atom. The van der Waals surface area contributed by atoms with Crippen LogP contribution in [0.3, 0.4) is 0 Å². The average Bonchev–Trinajstić information content (AvgIpc) is 0.770. The van der Waals surface area contributed by atoms with Crippen molar-refractivity contribution in [3.8, 4) is 0 Å². The minimum Gasteiger partial charge on any atom is -0.459 e. The molecule has 0 aliphatic carbocycles. The van der Waals surface area contributed by atoms with E-state index in [0.717, 1.165) is 0 Å². The summed E-state index contributed by atoms with van der Waals surface area (Å²) >= 11 is 18.9. The van der Waals surface area contributed by atoms with E-state index in [1.165, 1.54) is 255 Å². The van der Waals surface area contributed by atoms with Crippen LogP contribution >= 0.6 is 34.8 Å². The first-order valence-electron chi connectivity index (χ1n) is 43.4. The second-order valence-corrected chi connectivity index (χ2v) is 33.7. The predicted molar refractivity (Wildman–Crippen MR) is 487 cm³/mol. The van der Waals surface area contributed by atoms with Gasteiger partial charge in [0.1, 0.15) is 43.2 Å². The van der Waals surface area contributed by atoms with Crippen LogP contribution in [0, 0.1) is 5.41 Å². The zero-order valence-electron chi connectivity index (χ0n) is 72.9. The molecular formula is C103H86Cl3NO32. The summed E-state index contributed by atoms with van der Waals surface area (Å²) in [5, 5.41) is 35.2. The highest BCUT2D eigenvalue weighted by Gasteiger charge is 2.60. The minimum absolute atomic E-state index is 0.0191. The molecule has 0 saturated carbocycles. The summed E-state index contributed by atoms with van der Waals surface area (Å²) in [6, 6.07) is 81.0. The van der Waals surface area contributed by atoms with Gasteiger partial charge in [-0.15, -0.1) is 0 Å². The van der Waals surface area contributed by atoms with Crippen molar-refractivity contribution in [3.63, 3.8) is 0 Å². The largest absolute Gasteiger partial charge is 0.459 e. The number of aliphatic hydroxyl groups is 2. The molecule has 4 aliphatic rings. The molecule has 11 aromatic carbocycles. The first-order chi connectivity index (χ1) is 67.4. The van der Waals surface area contributed by atoms with Crippen molar-refractivity contribution < 1.29 is 153 Å². The highest BCUT2D eigenvalue weighted by Crippen LogP contribution is 2.40. The Kier molecular flexibility index (Phi) is 33.6. The number of ether oxygens (including phenoxy) is 19. The summed E-state index contributed by atoms with van der Waals surface area (Å²) in [5.74, 6) is -13.4. The Balaban J connectivity index is 0.847. The van der Waals surface area contributed by atoms with E-state index < -0.39 is 225 Å². The molecule has 0 bridgehead atoms. The van der Waals surface area contributed by atoms with Gasteiger partial charge in [0.15, 0.2) is 73.8 Å². The number of carbonyl (C=O) groups is 11. The Labute approximate surface area is 808 Å². The standard InChI is InChI=1S/C103H86Cl3NO32/c104-103(105,106)102(107)139-101-86(138-97(120)70-54-32-11-33-55-70)84(136-95(118)68-50-28-9-29-51-68)80(132-91(114)64-42-20-5-21-43-64)74(128-101)59-123-99-82(134-93(116)66-46-24-7-25-47-66)76(109)78(130-89(112)62-38-16-3-17-39-62)72(126-99)57-124-100-85(137-96(119)69-52-30-10-31-53-69)83(135-94(117)67-48-26-8-27-49-67)79(131-90(113)63-40-18-4-19-41-63)73(127-100)58-122-98-81(133-92(115)65-44-22-6-23-45-65)75(108)77(129-88(111)61-36-14-2-15-37-61)71(125-98)56-121-87(110)60-34-12-1-13-35-60/h1-55,71-86,98-101,107-109H,56-59H2/t71-,72-,73-,74-,75+,76+,77-,78-,79-,80-,81-,82-,83+,84+,85-,86-,98-,99-,100-,101?/m1/s1. The van der Waals surface area contributed by atoms with E-state index in [-0.39, 0.29) is 61.2 Å².